The Hall–Kier alpha value is -2.54. The van der Waals surface area contributed by atoms with E-state index in [1.54, 1.807) is 13.2 Å². The fourth-order valence-electron chi connectivity index (χ4n) is 3.11. The molecule has 1 fully saturated rings. The number of ether oxygens (including phenoxy) is 1. The molecule has 3 rings (SSSR count). The van der Waals surface area contributed by atoms with Crippen LogP contribution in [0.3, 0.4) is 0 Å². The van der Waals surface area contributed by atoms with Gasteiger partial charge in [0.15, 0.2) is 0 Å². The fraction of sp³-hybridized carbons (Fsp3) is 0.368. The highest BCUT2D eigenvalue weighted by atomic mass is 32.1. The first-order valence-corrected chi connectivity index (χ1v) is 9.49. The standard InChI is InChI=1S/C19H23N3O3S/c1-13(23)20-17-9-11-26-18(17)19(24)22-10-3-4-15(12-22)21-14-5-7-16(25-2)8-6-14/h5-9,11,15,21H,3-4,10,12H2,1-2H3,(H,20,23)/t15-/m1/s1. The van der Waals surface area contributed by atoms with Crippen LogP contribution in [-0.2, 0) is 4.79 Å². The van der Waals surface area contributed by atoms with Gasteiger partial charge in [-0.3, -0.25) is 9.59 Å². The summed E-state index contributed by atoms with van der Waals surface area (Å²) < 4.78 is 5.18. The number of amides is 2. The van der Waals surface area contributed by atoms with Gasteiger partial charge in [0.1, 0.15) is 10.6 Å². The van der Waals surface area contributed by atoms with Gasteiger partial charge in [-0.2, -0.15) is 0 Å². The number of benzene rings is 1. The van der Waals surface area contributed by atoms with Gasteiger partial charge in [0, 0.05) is 31.7 Å². The lowest BCUT2D eigenvalue weighted by Gasteiger charge is -2.33. The van der Waals surface area contributed by atoms with Crippen LogP contribution < -0.4 is 15.4 Å². The number of anilines is 2. The number of carbonyl (C=O) groups is 2. The van der Waals surface area contributed by atoms with E-state index in [9.17, 15) is 9.59 Å². The molecule has 6 nitrogen and oxygen atoms in total. The smallest absolute Gasteiger partial charge is 0.266 e. The minimum atomic E-state index is -0.171. The van der Waals surface area contributed by atoms with Crippen molar-refractivity contribution in [1.82, 2.24) is 4.90 Å². The van der Waals surface area contributed by atoms with Gasteiger partial charge in [0.2, 0.25) is 5.91 Å². The zero-order valence-corrected chi connectivity index (χ0v) is 15.8. The molecule has 2 amide bonds. The third-order valence-electron chi connectivity index (χ3n) is 4.34. The van der Waals surface area contributed by atoms with Crippen molar-refractivity contribution >= 4 is 34.5 Å². The van der Waals surface area contributed by atoms with Gasteiger partial charge in [-0.15, -0.1) is 11.3 Å². The summed E-state index contributed by atoms with van der Waals surface area (Å²) in [6.45, 7) is 2.82. The summed E-state index contributed by atoms with van der Waals surface area (Å²) in [5, 5.41) is 8.05. The van der Waals surface area contributed by atoms with Crippen molar-refractivity contribution in [1.29, 1.82) is 0 Å². The number of hydrogen-bond donors (Lipinski definition) is 2. The zero-order valence-electron chi connectivity index (χ0n) is 15.0. The van der Waals surface area contributed by atoms with Gasteiger partial charge in [-0.05, 0) is 48.6 Å². The second-order valence-corrected chi connectivity index (χ2v) is 7.22. The number of nitrogens with one attached hydrogen (secondary N) is 2. The summed E-state index contributed by atoms with van der Waals surface area (Å²) in [7, 11) is 1.65. The number of methoxy groups -OCH3 is 1. The Morgan fingerprint density at radius 3 is 2.69 bits per heavy atom. The van der Waals surface area contributed by atoms with Crippen molar-refractivity contribution < 1.29 is 14.3 Å². The van der Waals surface area contributed by atoms with Crippen LogP contribution in [0.15, 0.2) is 35.7 Å². The monoisotopic (exact) mass is 373 g/mol. The first-order valence-electron chi connectivity index (χ1n) is 8.62. The maximum Gasteiger partial charge on any atom is 0.266 e. The Morgan fingerprint density at radius 2 is 2.00 bits per heavy atom. The fourth-order valence-corrected chi connectivity index (χ4v) is 3.93. The van der Waals surface area contributed by atoms with Crippen LogP contribution in [0, 0.1) is 0 Å². The summed E-state index contributed by atoms with van der Waals surface area (Å²) in [4.78, 5) is 26.6. The maximum atomic E-state index is 12.9. The molecule has 1 aromatic carbocycles. The molecule has 1 atom stereocenters. The summed E-state index contributed by atoms with van der Waals surface area (Å²) in [6, 6.07) is 9.77. The van der Waals surface area contributed by atoms with Crippen LogP contribution in [0.1, 0.15) is 29.4 Å². The van der Waals surface area contributed by atoms with Crippen molar-refractivity contribution in [2.75, 3.05) is 30.8 Å². The van der Waals surface area contributed by atoms with Crippen molar-refractivity contribution in [3.8, 4) is 5.75 Å². The largest absolute Gasteiger partial charge is 0.497 e. The van der Waals surface area contributed by atoms with E-state index in [1.807, 2.05) is 34.5 Å². The minimum absolute atomic E-state index is 0.0232. The molecular formula is C19H23N3O3S. The van der Waals surface area contributed by atoms with E-state index in [0.717, 1.165) is 30.8 Å². The second-order valence-electron chi connectivity index (χ2n) is 6.31. The summed E-state index contributed by atoms with van der Waals surface area (Å²) in [5.74, 6) is 0.624. The molecule has 1 aliphatic rings. The molecule has 1 saturated heterocycles. The molecule has 0 saturated carbocycles. The molecule has 0 radical (unpaired) electrons. The predicted molar refractivity (Wildman–Crippen MR) is 104 cm³/mol. The molecule has 2 aromatic rings. The van der Waals surface area contributed by atoms with Crippen molar-refractivity contribution in [3.05, 3.63) is 40.6 Å². The molecule has 0 unspecified atom stereocenters. The van der Waals surface area contributed by atoms with Gasteiger partial charge in [-0.25, -0.2) is 0 Å². The van der Waals surface area contributed by atoms with Crippen LogP contribution in [0.5, 0.6) is 5.75 Å². The first-order chi connectivity index (χ1) is 12.6. The Kier molecular flexibility index (Phi) is 5.78. The lowest BCUT2D eigenvalue weighted by atomic mass is 10.0. The summed E-state index contributed by atoms with van der Waals surface area (Å²) in [6.07, 6.45) is 1.96. The second kappa shape index (κ2) is 8.23. The SMILES string of the molecule is COc1ccc(N[C@@H]2CCCN(C(=O)c3sccc3NC(C)=O)C2)cc1. The quantitative estimate of drug-likeness (QED) is 0.842. The van der Waals surface area contributed by atoms with Crippen LogP contribution in [0.4, 0.5) is 11.4 Å². The molecule has 26 heavy (non-hydrogen) atoms. The third kappa shape index (κ3) is 4.35. The van der Waals surface area contributed by atoms with E-state index in [4.69, 9.17) is 4.74 Å². The topological polar surface area (TPSA) is 70.7 Å². The molecule has 1 aliphatic heterocycles. The number of rotatable bonds is 5. The number of nitrogens with zero attached hydrogens (tertiary/aromatic N) is 1. The van der Waals surface area contributed by atoms with E-state index in [1.165, 1.54) is 18.3 Å². The highest BCUT2D eigenvalue weighted by Crippen LogP contribution is 2.26. The molecule has 7 heteroatoms. The Morgan fingerprint density at radius 1 is 1.23 bits per heavy atom. The lowest BCUT2D eigenvalue weighted by molar-refractivity contribution is -0.114. The molecule has 0 bridgehead atoms. The predicted octanol–water partition coefficient (Wildman–Crippen LogP) is 3.43. The van der Waals surface area contributed by atoms with Gasteiger partial charge >= 0.3 is 0 Å². The molecule has 2 heterocycles. The highest BCUT2D eigenvalue weighted by molar-refractivity contribution is 7.12. The van der Waals surface area contributed by atoms with Crippen LogP contribution >= 0.6 is 11.3 Å². The minimum Gasteiger partial charge on any atom is -0.497 e. The van der Waals surface area contributed by atoms with Gasteiger partial charge in [0.25, 0.3) is 5.91 Å². The molecular weight excluding hydrogens is 350 g/mol. The molecule has 138 valence electrons. The molecule has 2 N–H and O–H groups in total. The van der Waals surface area contributed by atoms with E-state index >= 15 is 0 Å². The van der Waals surface area contributed by atoms with E-state index in [2.05, 4.69) is 10.6 Å². The Labute approximate surface area is 157 Å². The van der Waals surface area contributed by atoms with Crippen molar-refractivity contribution in [3.63, 3.8) is 0 Å². The number of thiophene rings is 1. The normalized spacial score (nSPS) is 16.8. The number of hydrogen-bond acceptors (Lipinski definition) is 5. The van der Waals surface area contributed by atoms with Crippen molar-refractivity contribution in [2.45, 2.75) is 25.8 Å². The molecule has 0 spiro atoms. The van der Waals surface area contributed by atoms with Crippen LogP contribution in [0.2, 0.25) is 0 Å². The van der Waals surface area contributed by atoms with Crippen molar-refractivity contribution in [2.24, 2.45) is 0 Å². The molecule has 0 aliphatic carbocycles. The number of piperidine rings is 1. The summed E-state index contributed by atoms with van der Waals surface area (Å²) >= 11 is 1.36. The first kappa shape index (κ1) is 18.3. The highest BCUT2D eigenvalue weighted by Gasteiger charge is 2.26. The Bertz CT molecular complexity index is 773. The number of carbonyl (C=O) groups excluding carboxylic acids is 2. The van der Waals surface area contributed by atoms with E-state index in [0.29, 0.717) is 17.1 Å². The van der Waals surface area contributed by atoms with Gasteiger partial charge in [0.05, 0.1) is 12.8 Å². The maximum absolute atomic E-state index is 12.9. The lowest BCUT2D eigenvalue weighted by Crippen LogP contribution is -2.45. The molecule has 1 aromatic heterocycles. The number of likely N-dealkylation sites (tertiary alicyclic amines) is 1. The zero-order chi connectivity index (χ0) is 18.5. The van der Waals surface area contributed by atoms with E-state index in [-0.39, 0.29) is 17.9 Å². The summed E-state index contributed by atoms with van der Waals surface area (Å²) in [5.41, 5.74) is 1.61. The van der Waals surface area contributed by atoms with Gasteiger partial charge in [-0.1, -0.05) is 0 Å². The third-order valence-corrected chi connectivity index (χ3v) is 5.24. The average molecular weight is 373 g/mol. The Balaban J connectivity index is 1.65. The van der Waals surface area contributed by atoms with Gasteiger partial charge < -0.3 is 20.3 Å². The van der Waals surface area contributed by atoms with Crippen LogP contribution in [-0.4, -0.2) is 43.0 Å². The average Bonchev–Trinajstić information content (AvgIpc) is 3.09. The van der Waals surface area contributed by atoms with E-state index < -0.39 is 0 Å². The van der Waals surface area contributed by atoms with Crippen LogP contribution in [0.25, 0.3) is 0 Å².